The molecule has 0 fully saturated rings. The number of carbonyl (C=O) groups is 2. The molecule has 2 aromatic carbocycles. The number of aromatic carboxylic acids is 1. The Labute approximate surface area is 171 Å². The molecule has 1 amide bonds. The first-order valence-corrected chi connectivity index (χ1v) is 9.17. The number of carbonyl (C=O) groups excluding carboxylic acids is 1. The Morgan fingerprint density at radius 3 is 2.48 bits per heavy atom. The third-order valence-electron chi connectivity index (χ3n) is 3.19. The van der Waals surface area contributed by atoms with Crippen LogP contribution in [-0.2, 0) is 0 Å². The second-order valence-electron chi connectivity index (χ2n) is 4.99. The number of rotatable bonds is 3. The standard InChI is InChI=1S/C16H11Br2ClN2O3S/c1-7-2-3-8(4-12(7)19)14(22)21-16(25)20-13-10(15(23)24)5-9(17)6-11(13)18/h2-6H,1H3,(H,23,24)(H2,20,21,22,25). The van der Waals surface area contributed by atoms with E-state index in [1.165, 1.54) is 12.1 Å². The van der Waals surface area contributed by atoms with Gasteiger partial charge in [0.15, 0.2) is 5.11 Å². The molecule has 0 bridgehead atoms. The smallest absolute Gasteiger partial charge is 0.337 e. The first-order valence-electron chi connectivity index (χ1n) is 6.80. The second-order valence-corrected chi connectivity index (χ2v) is 7.57. The van der Waals surface area contributed by atoms with Gasteiger partial charge in [-0.1, -0.05) is 33.6 Å². The van der Waals surface area contributed by atoms with Crippen LogP contribution in [-0.4, -0.2) is 22.1 Å². The van der Waals surface area contributed by atoms with Gasteiger partial charge in [0.25, 0.3) is 5.91 Å². The summed E-state index contributed by atoms with van der Waals surface area (Å²) in [6, 6.07) is 7.98. The van der Waals surface area contributed by atoms with Crippen LogP contribution in [0.3, 0.4) is 0 Å². The summed E-state index contributed by atoms with van der Waals surface area (Å²) in [7, 11) is 0. The molecule has 0 atom stereocenters. The molecule has 2 rings (SSSR count). The number of halogens is 3. The number of thiocarbonyl (C=S) groups is 1. The highest BCUT2D eigenvalue weighted by Crippen LogP contribution is 2.31. The van der Waals surface area contributed by atoms with Crippen molar-refractivity contribution < 1.29 is 14.7 Å². The number of aryl methyl sites for hydroxylation is 1. The van der Waals surface area contributed by atoms with Gasteiger partial charge in [-0.25, -0.2) is 4.79 Å². The molecule has 0 saturated heterocycles. The molecule has 0 aliphatic carbocycles. The summed E-state index contributed by atoms with van der Waals surface area (Å²) in [5.74, 6) is -1.59. The van der Waals surface area contributed by atoms with Crippen molar-refractivity contribution in [2.24, 2.45) is 0 Å². The lowest BCUT2D eigenvalue weighted by atomic mass is 10.1. The van der Waals surface area contributed by atoms with Gasteiger partial charge < -0.3 is 10.4 Å². The molecular formula is C16H11Br2ClN2O3S. The average Bonchev–Trinajstić information content (AvgIpc) is 2.52. The van der Waals surface area contributed by atoms with Crippen LogP contribution < -0.4 is 10.6 Å². The van der Waals surface area contributed by atoms with Crippen molar-refractivity contribution in [3.63, 3.8) is 0 Å². The highest BCUT2D eigenvalue weighted by Gasteiger charge is 2.17. The van der Waals surface area contributed by atoms with Crippen LogP contribution in [0.15, 0.2) is 39.3 Å². The zero-order chi connectivity index (χ0) is 18.7. The average molecular weight is 507 g/mol. The van der Waals surface area contributed by atoms with Crippen LogP contribution in [0, 0.1) is 6.92 Å². The fourth-order valence-electron chi connectivity index (χ4n) is 1.92. The summed E-state index contributed by atoms with van der Waals surface area (Å²) in [5, 5.41) is 15.0. The lowest BCUT2D eigenvalue weighted by Gasteiger charge is -2.14. The molecule has 0 aliphatic heterocycles. The molecule has 0 saturated carbocycles. The fraction of sp³-hybridized carbons (Fsp3) is 0.0625. The maximum atomic E-state index is 12.2. The van der Waals surface area contributed by atoms with Crippen molar-refractivity contribution >= 4 is 78.4 Å². The zero-order valence-electron chi connectivity index (χ0n) is 12.7. The highest BCUT2D eigenvalue weighted by molar-refractivity contribution is 9.11. The second kappa shape index (κ2) is 8.27. The predicted octanol–water partition coefficient (Wildman–Crippen LogP) is 5.00. The molecule has 130 valence electrons. The molecule has 0 spiro atoms. The Kier molecular flexibility index (Phi) is 6.56. The summed E-state index contributed by atoms with van der Waals surface area (Å²) >= 11 is 17.6. The number of anilines is 1. The third kappa shape index (κ3) is 5.01. The SMILES string of the molecule is Cc1ccc(C(=O)NC(=S)Nc2c(Br)cc(Br)cc2C(=O)O)cc1Cl. The number of amides is 1. The van der Waals surface area contributed by atoms with Crippen molar-refractivity contribution in [1.29, 1.82) is 0 Å². The number of benzene rings is 2. The van der Waals surface area contributed by atoms with Gasteiger partial charge in [-0.15, -0.1) is 0 Å². The Bertz CT molecular complexity index is 890. The number of hydrogen-bond donors (Lipinski definition) is 3. The van der Waals surface area contributed by atoms with Gasteiger partial charge in [0.2, 0.25) is 0 Å². The van der Waals surface area contributed by atoms with Gasteiger partial charge in [0, 0.05) is 19.5 Å². The van der Waals surface area contributed by atoms with E-state index in [1.807, 2.05) is 6.92 Å². The number of carboxylic acids is 1. The molecule has 2 aromatic rings. The van der Waals surface area contributed by atoms with Crippen molar-refractivity contribution in [2.45, 2.75) is 6.92 Å². The quantitative estimate of drug-likeness (QED) is 0.511. The first kappa shape index (κ1) is 19.8. The summed E-state index contributed by atoms with van der Waals surface area (Å²) < 4.78 is 1.07. The molecule has 25 heavy (non-hydrogen) atoms. The van der Waals surface area contributed by atoms with E-state index in [-0.39, 0.29) is 16.4 Å². The van der Waals surface area contributed by atoms with E-state index in [1.54, 1.807) is 18.2 Å². The van der Waals surface area contributed by atoms with Crippen LogP contribution in [0.4, 0.5) is 5.69 Å². The minimum absolute atomic E-state index is 0.00349. The van der Waals surface area contributed by atoms with Crippen molar-refractivity contribution in [1.82, 2.24) is 5.32 Å². The molecule has 0 aromatic heterocycles. The van der Waals surface area contributed by atoms with Crippen LogP contribution in [0.2, 0.25) is 5.02 Å². The van der Waals surface area contributed by atoms with E-state index < -0.39 is 11.9 Å². The van der Waals surface area contributed by atoms with Crippen LogP contribution in [0.5, 0.6) is 0 Å². The molecule has 5 nitrogen and oxygen atoms in total. The predicted molar refractivity (Wildman–Crippen MR) is 109 cm³/mol. The summed E-state index contributed by atoms with van der Waals surface area (Å²) in [6.07, 6.45) is 0. The van der Waals surface area contributed by atoms with Gasteiger partial charge in [0.1, 0.15) is 0 Å². The van der Waals surface area contributed by atoms with Crippen LogP contribution >= 0.6 is 55.7 Å². The van der Waals surface area contributed by atoms with Gasteiger partial charge in [-0.2, -0.15) is 0 Å². The number of hydrogen-bond acceptors (Lipinski definition) is 3. The van der Waals surface area contributed by atoms with Gasteiger partial charge in [0.05, 0.1) is 11.3 Å². The highest BCUT2D eigenvalue weighted by atomic mass is 79.9. The van der Waals surface area contributed by atoms with Gasteiger partial charge in [-0.05, 0) is 64.9 Å². The maximum Gasteiger partial charge on any atom is 0.337 e. The summed E-state index contributed by atoms with van der Waals surface area (Å²) in [5.41, 5.74) is 1.43. The molecule has 9 heteroatoms. The summed E-state index contributed by atoms with van der Waals surface area (Å²) in [6.45, 7) is 1.83. The summed E-state index contributed by atoms with van der Waals surface area (Å²) in [4.78, 5) is 23.6. The van der Waals surface area contributed by atoms with E-state index in [0.717, 1.165) is 5.56 Å². The zero-order valence-corrected chi connectivity index (χ0v) is 17.4. The van der Waals surface area contributed by atoms with Crippen molar-refractivity contribution in [2.75, 3.05) is 5.32 Å². The monoisotopic (exact) mass is 504 g/mol. The Hall–Kier alpha value is -1.48. The normalized spacial score (nSPS) is 10.2. The topological polar surface area (TPSA) is 78.4 Å². The molecule has 3 N–H and O–H groups in total. The minimum Gasteiger partial charge on any atom is -0.478 e. The molecule has 0 heterocycles. The van der Waals surface area contributed by atoms with E-state index >= 15 is 0 Å². The van der Waals surface area contributed by atoms with E-state index in [4.69, 9.17) is 23.8 Å². The first-order chi connectivity index (χ1) is 11.7. The molecule has 0 radical (unpaired) electrons. The Balaban J connectivity index is 2.19. The maximum absolute atomic E-state index is 12.2. The Morgan fingerprint density at radius 1 is 1.20 bits per heavy atom. The largest absolute Gasteiger partial charge is 0.478 e. The number of nitrogens with one attached hydrogen (secondary N) is 2. The van der Waals surface area contributed by atoms with E-state index in [2.05, 4.69) is 42.5 Å². The van der Waals surface area contributed by atoms with Gasteiger partial charge in [-0.3, -0.25) is 10.1 Å². The van der Waals surface area contributed by atoms with E-state index in [9.17, 15) is 14.7 Å². The third-order valence-corrected chi connectivity index (χ3v) is 4.88. The lowest BCUT2D eigenvalue weighted by Crippen LogP contribution is -2.34. The number of carboxylic acid groups (broad SMARTS) is 1. The minimum atomic E-state index is -1.14. The van der Waals surface area contributed by atoms with Crippen LogP contribution in [0.25, 0.3) is 0 Å². The Morgan fingerprint density at radius 2 is 1.88 bits per heavy atom. The van der Waals surface area contributed by atoms with Gasteiger partial charge >= 0.3 is 5.97 Å². The molecular weight excluding hydrogens is 496 g/mol. The lowest BCUT2D eigenvalue weighted by molar-refractivity contribution is 0.0697. The fourth-order valence-corrected chi connectivity index (χ4v) is 3.62. The van der Waals surface area contributed by atoms with Crippen LogP contribution in [0.1, 0.15) is 26.3 Å². The molecule has 0 unspecified atom stereocenters. The van der Waals surface area contributed by atoms with E-state index in [0.29, 0.717) is 19.5 Å². The van der Waals surface area contributed by atoms with Crippen molar-refractivity contribution in [3.05, 3.63) is 61.0 Å². The van der Waals surface area contributed by atoms with Crippen molar-refractivity contribution in [3.8, 4) is 0 Å². The molecule has 0 aliphatic rings.